The Bertz CT molecular complexity index is 742. The third kappa shape index (κ3) is 16.5. The van der Waals surface area contributed by atoms with Gasteiger partial charge < -0.3 is 15.4 Å². The minimum Gasteiger partial charge on any atom is -0.494 e. The van der Waals surface area contributed by atoms with Gasteiger partial charge in [-0.3, -0.25) is 13.8 Å². The SMILES string of the molecule is CCCCCCCCCCCCOc1ccc(CC(COP(=O)(O)OC(C)CN)CC(=O)CC)cc1. The summed E-state index contributed by atoms with van der Waals surface area (Å²) >= 11 is 0. The highest BCUT2D eigenvalue weighted by atomic mass is 31.2. The molecule has 1 rings (SSSR count). The minimum atomic E-state index is -4.23. The van der Waals surface area contributed by atoms with Gasteiger partial charge in [-0.1, -0.05) is 83.8 Å². The topological polar surface area (TPSA) is 108 Å². The molecule has 0 aromatic heterocycles. The molecule has 0 aliphatic rings. The number of nitrogens with two attached hydrogens (primary N) is 1. The predicted molar refractivity (Wildman–Crippen MR) is 146 cm³/mol. The summed E-state index contributed by atoms with van der Waals surface area (Å²) in [6, 6.07) is 7.83. The summed E-state index contributed by atoms with van der Waals surface area (Å²) in [4.78, 5) is 22.0. The standard InChI is InChI=1S/C28H50NO6P/c1-4-6-7-8-9-10-11-12-13-14-19-33-28-17-15-25(16-18-28)20-26(21-27(30)5-2)23-34-36(31,32)35-24(3)22-29/h15-18,24,26H,4-14,19-23,29H2,1-3H3,(H,31,32). The maximum Gasteiger partial charge on any atom is 0.472 e. The van der Waals surface area contributed by atoms with Crippen molar-refractivity contribution in [2.45, 2.75) is 110 Å². The second-order valence-corrected chi connectivity index (χ2v) is 11.2. The van der Waals surface area contributed by atoms with Crippen molar-refractivity contribution >= 4 is 13.6 Å². The number of hydrogen-bond acceptors (Lipinski definition) is 6. The van der Waals surface area contributed by atoms with Gasteiger partial charge in [-0.25, -0.2) is 4.57 Å². The average Bonchev–Trinajstić information content (AvgIpc) is 2.86. The largest absolute Gasteiger partial charge is 0.494 e. The Hall–Kier alpha value is -1.24. The Kier molecular flexibility index (Phi) is 18.0. The van der Waals surface area contributed by atoms with E-state index in [-0.39, 0.29) is 31.3 Å². The number of carbonyl (C=O) groups is 1. The van der Waals surface area contributed by atoms with E-state index in [2.05, 4.69) is 6.92 Å². The first-order valence-electron chi connectivity index (χ1n) is 13.9. The molecule has 3 unspecified atom stereocenters. The highest BCUT2D eigenvalue weighted by molar-refractivity contribution is 7.47. The predicted octanol–water partition coefficient (Wildman–Crippen LogP) is 7.00. The summed E-state index contributed by atoms with van der Waals surface area (Å²) in [7, 11) is -4.23. The van der Waals surface area contributed by atoms with Gasteiger partial charge in [0.15, 0.2) is 0 Å². The van der Waals surface area contributed by atoms with Crippen LogP contribution in [0.2, 0.25) is 0 Å². The van der Waals surface area contributed by atoms with Crippen molar-refractivity contribution in [3.05, 3.63) is 29.8 Å². The number of phosphoric acid groups is 1. The quantitative estimate of drug-likeness (QED) is 0.117. The van der Waals surface area contributed by atoms with Crippen LogP contribution in [-0.2, 0) is 24.8 Å². The zero-order valence-corrected chi connectivity index (χ0v) is 23.7. The molecule has 1 aromatic carbocycles. The Balaban J connectivity index is 2.38. The molecule has 0 bridgehead atoms. The molecule has 0 heterocycles. The lowest BCUT2D eigenvalue weighted by Gasteiger charge is -2.20. The molecule has 3 atom stereocenters. The zero-order chi connectivity index (χ0) is 26.7. The Morgan fingerprint density at radius 1 is 0.972 bits per heavy atom. The molecule has 0 radical (unpaired) electrons. The van der Waals surface area contributed by atoms with E-state index in [1.165, 1.54) is 57.8 Å². The van der Waals surface area contributed by atoms with E-state index in [4.69, 9.17) is 19.5 Å². The van der Waals surface area contributed by atoms with E-state index < -0.39 is 13.9 Å². The van der Waals surface area contributed by atoms with Crippen molar-refractivity contribution < 1.29 is 28.0 Å². The average molecular weight is 528 g/mol. The Morgan fingerprint density at radius 3 is 2.11 bits per heavy atom. The van der Waals surface area contributed by atoms with E-state index in [9.17, 15) is 14.3 Å². The van der Waals surface area contributed by atoms with Crippen LogP contribution in [0.1, 0.15) is 103 Å². The van der Waals surface area contributed by atoms with Gasteiger partial charge in [0.05, 0.1) is 19.3 Å². The molecule has 1 aromatic rings. The summed E-state index contributed by atoms with van der Waals surface area (Å²) in [6.07, 6.45) is 13.6. The van der Waals surface area contributed by atoms with Gasteiger partial charge in [-0.15, -0.1) is 0 Å². The van der Waals surface area contributed by atoms with Crippen LogP contribution in [0.15, 0.2) is 24.3 Å². The summed E-state index contributed by atoms with van der Waals surface area (Å²) in [6.45, 7) is 6.44. The van der Waals surface area contributed by atoms with Crippen LogP contribution in [0, 0.1) is 5.92 Å². The molecular formula is C28H50NO6P. The lowest BCUT2D eigenvalue weighted by Crippen LogP contribution is -2.21. The molecular weight excluding hydrogens is 477 g/mol. The van der Waals surface area contributed by atoms with Gasteiger partial charge in [0.1, 0.15) is 11.5 Å². The van der Waals surface area contributed by atoms with Gasteiger partial charge in [0.2, 0.25) is 0 Å². The Morgan fingerprint density at radius 2 is 1.56 bits per heavy atom. The molecule has 8 heteroatoms. The minimum absolute atomic E-state index is 0.0478. The van der Waals surface area contributed by atoms with Gasteiger partial charge in [0, 0.05) is 19.4 Å². The molecule has 0 amide bonds. The molecule has 3 N–H and O–H groups in total. The van der Waals surface area contributed by atoms with E-state index in [0.717, 1.165) is 17.7 Å². The van der Waals surface area contributed by atoms with Crippen LogP contribution < -0.4 is 10.5 Å². The summed E-state index contributed by atoms with van der Waals surface area (Å²) in [5, 5.41) is 0. The van der Waals surface area contributed by atoms with Crippen LogP contribution in [0.5, 0.6) is 5.75 Å². The first-order chi connectivity index (χ1) is 17.3. The lowest BCUT2D eigenvalue weighted by atomic mass is 9.94. The monoisotopic (exact) mass is 527 g/mol. The fourth-order valence-corrected chi connectivity index (χ4v) is 4.99. The molecule has 0 spiro atoms. The van der Waals surface area contributed by atoms with E-state index in [1.54, 1.807) is 6.92 Å². The molecule has 0 aliphatic heterocycles. The number of unbranched alkanes of at least 4 members (excludes halogenated alkanes) is 9. The highest BCUT2D eigenvalue weighted by Gasteiger charge is 2.26. The summed E-state index contributed by atoms with van der Waals surface area (Å²) in [5.74, 6) is 0.688. The number of Topliss-reactive ketones (excluding diaryl/α,β-unsaturated/α-hetero) is 1. The van der Waals surface area contributed by atoms with Crippen LogP contribution in [-0.4, -0.2) is 36.5 Å². The van der Waals surface area contributed by atoms with Crippen LogP contribution >= 0.6 is 7.82 Å². The summed E-state index contributed by atoms with van der Waals surface area (Å²) in [5.41, 5.74) is 6.46. The number of rotatable bonds is 23. The maximum atomic E-state index is 12.1. The van der Waals surface area contributed by atoms with Gasteiger partial charge >= 0.3 is 7.82 Å². The van der Waals surface area contributed by atoms with Crippen LogP contribution in [0.25, 0.3) is 0 Å². The highest BCUT2D eigenvalue weighted by Crippen LogP contribution is 2.45. The van der Waals surface area contributed by atoms with Crippen molar-refractivity contribution in [3.8, 4) is 5.75 Å². The molecule has 208 valence electrons. The van der Waals surface area contributed by atoms with Crippen molar-refractivity contribution in [1.82, 2.24) is 0 Å². The Labute approximate surface area is 219 Å². The van der Waals surface area contributed by atoms with E-state index in [0.29, 0.717) is 19.4 Å². The van der Waals surface area contributed by atoms with Crippen LogP contribution in [0.4, 0.5) is 0 Å². The normalized spacial score (nSPS) is 14.8. The number of ketones is 1. The fourth-order valence-electron chi connectivity index (χ4n) is 3.99. The van der Waals surface area contributed by atoms with E-state index in [1.807, 2.05) is 31.2 Å². The number of hydrogen-bond donors (Lipinski definition) is 2. The fraction of sp³-hybridized carbons (Fsp3) is 0.750. The number of phosphoric ester groups is 1. The smallest absolute Gasteiger partial charge is 0.472 e. The van der Waals surface area contributed by atoms with Crippen molar-refractivity contribution in [2.24, 2.45) is 11.7 Å². The van der Waals surface area contributed by atoms with Gasteiger partial charge in [-0.05, 0) is 43.4 Å². The first kappa shape index (κ1) is 32.8. The third-order valence-corrected chi connectivity index (χ3v) is 7.35. The molecule has 0 saturated heterocycles. The van der Waals surface area contributed by atoms with Crippen molar-refractivity contribution in [3.63, 3.8) is 0 Å². The zero-order valence-electron chi connectivity index (χ0n) is 22.8. The number of carbonyl (C=O) groups excluding carboxylic acids is 1. The lowest BCUT2D eigenvalue weighted by molar-refractivity contribution is -0.120. The molecule has 36 heavy (non-hydrogen) atoms. The molecule has 0 saturated carbocycles. The molecule has 0 fully saturated rings. The third-order valence-electron chi connectivity index (χ3n) is 6.24. The maximum absolute atomic E-state index is 12.1. The van der Waals surface area contributed by atoms with Gasteiger partial charge in [0.25, 0.3) is 0 Å². The second kappa shape index (κ2) is 19.8. The molecule has 7 nitrogen and oxygen atoms in total. The number of ether oxygens (including phenoxy) is 1. The van der Waals surface area contributed by atoms with Crippen molar-refractivity contribution in [2.75, 3.05) is 19.8 Å². The first-order valence-corrected chi connectivity index (χ1v) is 15.4. The van der Waals surface area contributed by atoms with Crippen molar-refractivity contribution in [1.29, 1.82) is 0 Å². The number of benzene rings is 1. The molecule has 0 aliphatic carbocycles. The second-order valence-electron chi connectivity index (χ2n) is 9.76. The summed E-state index contributed by atoms with van der Waals surface area (Å²) < 4.78 is 28.2. The van der Waals surface area contributed by atoms with Gasteiger partial charge in [-0.2, -0.15) is 0 Å². The van der Waals surface area contributed by atoms with Crippen LogP contribution in [0.3, 0.4) is 0 Å². The van der Waals surface area contributed by atoms with E-state index >= 15 is 0 Å².